The van der Waals surface area contributed by atoms with Gasteiger partial charge in [0.15, 0.2) is 17.3 Å². The summed E-state index contributed by atoms with van der Waals surface area (Å²) in [5.74, 6) is -0.0613. The van der Waals surface area contributed by atoms with Crippen LogP contribution in [0.4, 0.5) is 4.39 Å². The quantitative estimate of drug-likeness (QED) is 0.209. The topological polar surface area (TPSA) is 93.2 Å². The third-order valence-electron chi connectivity index (χ3n) is 7.02. The molecule has 1 aromatic heterocycles. The zero-order chi connectivity index (χ0) is 25.4. The molecule has 2 aliphatic heterocycles. The second-order valence-electron chi connectivity index (χ2n) is 9.47. The number of rotatable bonds is 5. The highest BCUT2D eigenvalue weighted by Crippen LogP contribution is 2.49. The number of fused-ring (bicyclic) bond motifs is 1. The number of aryl methyl sites for hydroxylation is 1. The molecule has 1 saturated heterocycles. The normalized spacial score (nSPS) is 20.6. The largest absolute Gasteiger partial charge is 0.444 e. The number of halogens is 2. The Morgan fingerprint density at radius 1 is 1.25 bits per heavy atom. The lowest BCUT2D eigenvalue weighted by molar-refractivity contribution is -0.0712. The SMILES string of the molecule is Cc1cc(C(N)=NO)cnc1CN1CCC(c2cccc3c2OC(C)(c2ccc(Cl)cc2F)O3)CC1. The van der Waals surface area contributed by atoms with E-state index >= 15 is 0 Å². The maximum absolute atomic E-state index is 14.7. The van der Waals surface area contributed by atoms with Gasteiger partial charge in [-0.2, -0.15) is 0 Å². The molecule has 0 amide bonds. The third kappa shape index (κ3) is 4.58. The van der Waals surface area contributed by atoms with Crippen molar-refractivity contribution in [3.8, 4) is 11.5 Å². The number of nitrogens with zero attached hydrogens (tertiary/aromatic N) is 3. The van der Waals surface area contributed by atoms with Gasteiger partial charge in [-0.3, -0.25) is 9.88 Å². The van der Waals surface area contributed by atoms with Crippen LogP contribution in [0.5, 0.6) is 11.5 Å². The fourth-order valence-corrected chi connectivity index (χ4v) is 5.18. The summed E-state index contributed by atoms with van der Waals surface area (Å²) in [6.07, 6.45) is 3.54. The van der Waals surface area contributed by atoms with E-state index in [9.17, 15) is 4.39 Å². The molecule has 7 nitrogen and oxygen atoms in total. The lowest BCUT2D eigenvalue weighted by atomic mass is 9.88. The molecule has 1 fully saturated rings. The summed E-state index contributed by atoms with van der Waals surface area (Å²) in [6.45, 7) is 6.25. The minimum atomic E-state index is -1.26. The standard InChI is InChI=1S/C27H28ClFN4O3/c1-16-12-18(26(30)32-34)14-31-23(16)15-33-10-8-17(9-11-33)20-4-3-5-24-25(20)36-27(2,35-24)21-7-6-19(28)13-22(21)29/h3-7,12-14,17,34H,8-11,15H2,1-2H3,(H2,30,32). The van der Waals surface area contributed by atoms with Gasteiger partial charge in [-0.1, -0.05) is 28.9 Å². The van der Waals surface area contributed by atoms with Gasteiger partial charge in [-0.25, -0.2) is 4.39 Å². The van der Waals surface area contributed by atoms with E-state index in [0.29, 0.717) is 33.6 Å². The van der Waals surface area contributed by atoms with Gasteiger partial charge in [0.2, 0.25) is 0 Å². The Labute approximate surface area is 214 Å². The molecule has 0 bridgehead atoms. The molecule has 5 rings (SSSR count). The summed E-state index contributed by atoms with van der Waals surface area (Å²) in [7, 11) is 0. The summed E-state index contributed by atoms with van der Waals surface area (Å²) in [6, 6.07) is 12.3. The van der Waals surface area contributed by atoms with E-state index in [1.807, 2.05) is 25.1 Å². The highest BCUT2D eigenvalue weighted by Gasteiger charge is 2.42. The van der Waals surface area contributed by atoms with Gasteiger partial charge >= 0.3 is 0 Å². The number of piperidine rings is 1. The molecular formula is C27H28ClFN4O3. The van der Waals surface area contributed by atoms with Crippen LogP contribution in [0.3, 0.4) is 0 Å². The number of aromatic nitrogens is 1. The molecule has 3 N–H and O–H groups in total. The first-order valence-electron chi connectivity index (χ1n) is 11.9. The minimum Gasteiger partial charge on any atom is -0.444 e. The van der Waals surface area contributed by atoms with Crippen LogP contribution in [0.1, 0.15) is 53.6 Å². The van der Waals surface area contributed by atoms with Gasteiger partial charge in [0.25, 0.3) is 5.79 Å². The van der Waals surface area contributed by atoms with Gasteiger partial charge < -0.3 is 20.4 Å². The zero-order valence-corrected chi connectivity index (χ0v) is 20.9. The highest BCUT2D eigenvalue weighted by molar-refractivity contribution is 6.30. The van der Waals surface area contributed by atoms with E-state index in [-0.39, 0.29) is 5.84 Å². The van der Waals surface area contributed by atoms with Crippen LogP contribution in [0.25, 0.3) is 0 Å². The average molecular weight is 511 g/mol. The minimum absolute atomic E-state index is 0.0504. The molecule has 0 spiro atoms. The lowest BCUT2D eigenvalue weighted by Crippen LogP contribution is -2.34. The molecule has 0 radical (unpaired) electrons. The molecule has 0 saturated carbocycles. The number of amidine groups is 1. The smallest absolute Gasteiger partial charge is 0.278 e. The van der Waals surface area contributed by atoms with Gasteiger partial charge in [0.1, 0.15) is 5.82 Å². The molecule has 1 atom stereocenters. The Kier molecular flexibility index (Phi) is 6.49. The third-order valence-corrected chi connectivity index (χ3v) is 7.26. The molecule has 2 aromatic carbocycles. The second-order valence-corrected chi connectivity index (χ2v) is 9.91. The van der Waals surface area contributed by atoms with Crippen LogP contribution in [0.2, 0.25) is 5.02 Å². The lowest BCUT2D eigenvalue weighted by Gasteiger charge is -2.32. The van der Waals surface area contributed by atoms with Crippen molar-refractivity contribution in [2.24, 2.45) is 10.9 Å². The maximum Gasteiger partial charge on any atom is 0.278 e. The van der Waals surface area contributed by atoms with E-state index in [1.54, 1.807) is 25.3 Å². The summed E-state index contributed by atoms with van der Waals surface area (Å²) < 4.78 is 27.1. The van der Waals surface area contributed by atoms with Gasteiger partial charge in [-0.15, -0.1) is 0 Å². The number of benzene rings is 2. The summed E-state index contributed by atoms with van der Waals surface area (Å²) in [5.41, 5.74) is 9.65. The number of hydrogen-bond acceptors (Lipinski definition) is 6. The molecule has 3 aromatic rings. The molecule has 2 aliphatic rings. The maximum atomic E-state index is 14.7. The van der Waals surface area contributed by atoms with Crippen LogP contribution >= 0.6 is 11.6 Å². The fourth-order valence-electron chi connectivity index (χ4n) is 5.02. The van der Waals surface area contributed by atoms with Crippen molar-refractivity contribution >= 4 is 17.4 Å². The fraction of sp³-hybridized carbons (Fsp3) is 0.333. The number of hydrogen-bond donors (Lipinski definition) is 2. The first-order valence-corrected chi connectivity index (χ1v) is 12.3. The Bertz CT molecular complexity index is 1330. The average Bonchev–Trinajstić information content (AvgIpc) is 3.22. The van der Waals surface area contributed by atoms with Crippen molar-refractivity contribution in [1.29, 1.82) is 0 Å². The molecule has 188 valence electrons. The van der Waals surface area contributed by atoms with Crippen molar-refractivity contribution in [1.82, 2.24) is 9.88 Å². The van der Waals surface area contributed by atoms with E-state index in [1.165, 1.54) is 6.07 Å². The van der Waals surface area contributed by atoms with Crippen LogP contribution < -0.4 is 15.2 Å². The van der Waals surface area contributed by atoms with Crippen LogP contribution in [0, 0.1) is 12.7 Å². The van der Waals surface area contributed by atoms with Crippen LogP contribution in [0.15, 0.2) is 53.8 Å². The second kappa shape index (κ2) is 9.59. The molecular weight excluding hydrogens is 483 g/mol. The van der Waals surface area contributed by atoms with Gasteiger partial charge in [-0.05, 0) is 74.7 Å². The van der Waals surface area contributed by atoms with E-state index in [0.717, 1.165) is 49.3 Å². The summed E-state index contributed by atoms with van der Waals surface area (Å²) in [5, 5.41) is 12.3. The predicted molar refractivity (Wildman–Crippen MR) is 135 cm³/mol. The number of ether oxygens (including phenoxy) is 2. The monoisotopic (exact) mass is 510 g/mol. The summed E-state index contributed by atoms with van der Waals surface area (Å²) in [4.78, 5) is 6.91. The van der Waals surface area contributed by atoms with Crippen molar-refractivity contribution < 1.29 is 19.1 Å². The first kappa shape index (κ1) is 24.3. The van der Waals surface area contributed by atoms with Gasteiger partial charge in [0, 0.05) is 35.8 Å². The molecule has 0 aliphatic carbocycles. The van der Waals surface area contributed by atoms with Crippen LogP contribution in [-0.2, 0) is 12.3 Å². The Morgan fingerprint density at radius 3 is 2.72 bits per heavy atom. The van der Waals surface area contributed by atoms with Crippen molar-refractivity contribution in [3.05, 3.63) is 87.4 Å². The van der Waals surface area contributed by atoms with E-state index in [4.69, 9.17) is 32.0 Å². The first-order chi connectivity index (χ1) is 17.3. The van der Waals surface area contributed by atoms with Crippen LogP contribution in [-0.4, -0.2) is 34.0 Å². The van der Waals surface area contributed by atoms with Crippen molar-refractivity contribution in [3.63, 3.8) is 0 Å². The number of para-hydroxylation sites is 1. The van der Waals surface area contributed by atoms with E-state index < -0.39 is 11.6 Å². The van der Waals surface area contributed by atoms with E-state index in [2.05, 4.69) is 21.1 Å². The van der Waals surface area contributed by atoms with Crippen molar-refractivity contribution in [2.75, 3.05) is 13.1 Å². The Hall–Kier alpha value is -3.36. The highest BCUT2D eigenvalue weighted by atomic mass is 35.5. The number of likely N-dealkylation sites (tertiary alicyclic amines) is 1. The zero-order valence-electron chi connectivity index (χ0n) is 20.2. The number of nitrogens with two attached hydrogens (primary N) is 1. The molecule has 9 heteroatoms. The number of oxime groups is 1. The molecule has 1 unspecified atom stereocenters. The Morgan fingerprint density at radius 2 is 2.03 bits per heavy atom. The number of pyridine rings is 1. The summed E-state index contributed by atoms with van der Waals surface area (Å²) >= 11 is 5.93. The molecule has 36 heavy (non-hydrogen) atoms. The van der Waals surface area contributed by atoms with Crippen molar-refractivity contribution in [2.45, 2.75) is 44.9 Å². The predicted octanol–water partition coefficient (Wildman–Crippen LogP) is 5.30. The van der Waals surface area contributed by atoms with Gasteiger partial charge in [0.05, 0.1) is 11.3 Å². The molecule has 3 heterocycles. The Balaban J connectivity index is 1.28.